The van der Waals surface area contributed by atoms with Gasteiger partial charge in [0.2, 0.25) is 0 Å². The molecule has 1 saturated heterocycles. The van der Waals surface area contributed by atoms with Gasteiger partial charge in [-0.1, -0.05) is 17.7 Å². The van der Waals surface area contributed by atoms with Gasteiger partial charge >= 0.3 is 12.0 Å². The van der Waals surface area contributed by atoms with Crippen molar-refractivity contribution in [2.24, 2.45) is 5.92 Å². The molecule has 1 atom stereocenters. The van der Waals surface area contributed by atoms with Gasteiger partial charge in [-0.2, -0.15) is 0 Å². The number of carbonyl (C=O) groups excluding carboxylic acids is 1. The largest absolute Gasteiger partial charge is 0.481 e. The van der Waals surface area contributed by atoms with Crippen LogP contribution in [-0.4, -0.2) is 30.2 Å². The number of urea groups is 1. The minimum atomic E-state index is -0.859. The zero-order valence-corrected chi connectivity index (χ0v) is 10.4. The van der Waals surface area contributed by atoms with E-state index in [0.29, 0.717) is 23.8 Å². The standard InChI is InChI=1S/C12H13ClN2O3/c13-9-2-1-3-10(5-9)15-7-8(4-11(16)17)6-14-12(15)18/h1-3,5,8H,4,6-7H2,(H,14,18)(H,16,17). The summed E-state index contributed by atoms with van der Waals surface area (Å²) in [5, 5.41) is 12.0. The SMILES string of the molecule is O=C(O)CC1CNC(=O)N(c2cccc(Cl)c2)C1. The van der Waals surface area contributed by atoms with Gasteiger partial charge in [-0.25, -0.2) is 4.79 Å². The number of nitrogens with one attached hydrogen (secondary N) is 1. The van der Waals surface area contributed by atoms with Crippen LogP contribution in [-0.2, 0) is 4.79 Å². The van der Waals surface area contributed by atoms with Gasteiger partial charge in [-0.3, -0.25) is 9.69 Å². The average Bonchev–Trinajstić information content (AvgIpc) is 2.31. The highest BCUT2D eigenvalue weighted by Gasteiger charge is 2.27. The molecule has 5 nitrogen and oxygen atoms in total. The number of aliphatic carboxylic acids is 1. The van der Waals surface area contributed by atoms with Crippen LogP contribution >= 0.6 is 11.6 Å². The second kappa shape index (κ2) is 5.27. The van der Waals surface area contributed by atoms with Gasteiger partial charge in [0.1, 0.15) is 0 Å². The second-order valence-corrected chi connectivity index (χ2v) is 4.68. The number of benzene rings is 1. The van der Waals surface area contributed by atoms with E-state index in [2.05, 4.69) is 5.32 Å². The number of hydrogen-bond donors (Lipinski definition) is 2. The Bertz CT molecular complexity index is 478. The van der Waals surface area contributed by atoms with E-state index in [1.807, 2.05) is 0 Å². The summed E-state index contributed by atoms with van der Waals surface area (Å²) in [4.78, 5) is 24.0. The molecule has 0 aliphatic carbocycles. The highest BCUT2D eigenvalue weighted by atomic mass is 35.5. The minimum Gasteiger partial charge on any atom is -0.481 e. The Morgan fingerprint density at radius 1 is 1.56 bits per heavy atom. The maximum Gasteiger partial charge on any atom is 0.321 e. The Morgan fingerprint density at radius 3 is 3.00 bits per heavy atom. The molecule has 1 aromatic rings. The van der Waals surface area contributed by atoms with E-state index in [4.69, 9.17) is 16.7 Å². The van der Waals surface area contributed by atoms with Crippen LogP contribution in [0.1, 0.15) is 6.42 Å². The highest BCUT2D eigenvalue weighted by molar-refractivity contribution is 6.30. The molecular formula is C12H13ClN2O3. The lowest BCUT2D eigenvalue weighted by Gasteiger charge is -2.32. The third kappa shape index (κ3) is 2.92. The third-order valence-corrected chi connectivity index (χ3v) is 3.05. The fourth-order valence-corrected chi connectivity index (χ4v) is 2.17. The van der Waals surface area contributed by atoms with Crippen LogP contribution in [0, 0.1) is 5.92 Å². The molecule has 1 fully saturated rings. The summed E-state index contributed by atoms with van der Waals surface area (Å²) in [7, 11) is 0. The molecule has 1 unspecified atom stereocenters. The van der Waals surface area contributed by atoms with Crippen molar-refractivity contribution in [2.45, 2.75) is 6.42 Å². The van der Waals surface area contributed by atoms with Crippen LogP contribution in [0.5, 0.6) is 0 Å². The monoisotopic (exact) mass is 268 g/mol. The van der Waals surface area contributed by atoms with Crippen molar-refractivity contribution in [2.75, 3.05) is 18.0 Å². The van der Waals surface area contributed by atoms with Crippen molar-refractivity contribution in [3.05, 3.63) is 29.3 Å². The number of amides is 2. The number of carboxylic acid groups (broad SMARTS) is 1. The van der Waals surface area contributed by atoms with Gasteiger partial charge in [0.15, 0.2) is 0 Å². The Labute approximate surface area is 109 Å². The molecular weight excluding hydrogens is 256 g/mol. The molecule has 2 N–H and O–H groups in total. The van der Waals surface area contributed by atoms with E-state index < -0.39 is 5.97 Å². The van der Waals surface area contributed by atoms with Crippen LogP contribution in [0.2, 0.25) is 5.02 Å². The smallest absolute Gasteiger partial charge is 0.321 e. The van der Waals surface area contributed by atoms with Gasteiger partial charge in [0.05, 0.1) is 6.42 Å². The summed E-state index contributed by atoms with van der Waals surface area (Å²) in [6.45, 7) is 0.778. The zero-order valence-electron chi connectivity index (χ0n) is 9.60. The van der Waals surface area contributed by atoms with Crippen molar-refractivity contribution in [3.63, 3.8) is 0 Å². The molecule has 1 heterocycles. The van der Waals surface area contributed by atoms with Gasteiger partial charge in [-0.05, 0) is 18.2 Å². The first kappa shape index (κ1) is 12.7. The lowest BCUT2D eigenvalue weighted by Crippen LogP contribution is -2.51. The van der Waals surface area contributed by atoms with Gasteiger partial charge in [0, 0.05) is 29.7 Å². The van der Waals surface area contributed by atoms with Crippen LogP contribution < -0.4 is 10.2 Å². The Hall–Kier alpha value is -1.75. The molecule has 18 heavy (non-hydrogen) atoms. The fourth-order valence-electron chi connectivity index (χ4n) is 1.98. The van der Waals surface area contributed by atoms with Crippen LogP contribution in [0.3, 0.4) is 0 Å². The van der Waals surface area contributed by atoms with Crippen molar-refractivity contribution in [1.29, 1.82) is 0 Å². The Balaban J connectivity index is 2.15. The number of anilines is 1. The predicted octanol–water partition coefficient (Wildman–Crippen LogP) is 1.96. The summed E-state index contributed by atoms with van der Waals surface area (Å²) in [6.07, 6.45) is 0.0390. The van der Waals surface area contributed by atoms with E-state index >= 15 is 0 Å². The van der Waals surface area contributed by atoms with Gasteiger partial charge < -0.3 is 10.4 Å². The zero-order chi connectivity index (χ0) is 13.1. The molecule has 0 spiro atoms. The maximum absolute atomic E-state index is 11.8. The average molecular weight is 269 g/mol. The Morgan fingerprint density at radius 2 is 2.33 bits per heavy atom. The van der Waals surface area contributed by atoms with E-state index in [1.54, 1.807) is 24.3 Å². The van der Waals surface area contributed by atoms with Crippen LogP contribution in [0.25, 0.3) is 0 Å². The molecule has 1 aliphatic rings. The molecule has 0 radical (unpaired) electrons. The number of carboxylic acids is 1. The van der Waals surface area contributed by atoms with E-state index in [9.17, 15) is 9.59 Å². The van der Waals surface area contributed by atoms with E-state index in [0.717, 1.165) is 0 Å². The number of halogens is 1. The Kier molecular flexibility index (Phi) is 3.72. The summed E-state index contributed by atoms with van der Waals surface area (Å²) in [6, 6.07) is 6.71. The molecule has 0 saturated carbocycles. The van der Waals surface area contributed by atoms with E-state index in [-0.39, 0.29) is 18.4 Å². The number of nitrogens with zero attached hydrogens (tertiary/aromatic N) is 1. The maximum atomic E-state index is 11.8. The summed E-state index contributed by atoms with van der Waals surface area (Å²) < 4.78 is 0. The minimum absolute atomic E-state index is 0.0390. The summed E-state index contributed by atoms with van der Waals surface area (Å²) in [5.41, 5.74) is 0.676. The highest BCUT2D eigenvalue weighted by Crippen LogP contribution is 2.23. The topological polar surface area (TPSA) is 69.6 Å². The second-order valence-electron chi connectivity index (χ2n) is 4.24. The van der Waals surface area contributed by atoms with Crippen molar-refractivity contribution in [3.8, 4) is 0 Å². The molecule has 96 valence electrons. The number of hydrogen-bond acceptors (Lipinski definition) is 2. The van der Waals surface area contributed by atoms with Crippen molar-refractivity contribution >= 4 is 29.3 Å². The predicted molar refractivity (Wildman–Crippen MR) is 67.9 cm³/mol. The first-order valence-electron chi connectivity index (χ1n) is 5.59. The van der Waals surface area contributed by atoms with Gasteiger partial charge in [-0.15, -0.1) is 0 Å². The molecule has 0 bridgehead atoms. The van der Waals surface area contributed by atoms with Gasteiger partial charge in [0.25, 0.3) is 0 Å². The first-order chi connectivity index (χ1) is 8.56. The van der Waals surface area contributed by atoms with E-state index in [1.165, 1.54) is 4.90 Å². The third-order valence-electron chi connectivity index (χ3n) is 2.81. The summed E-state index contributed by atoms with van der Waals surface area (Å²) >= 11 is 5.88. The van der Waals surface area contributed by atoms with Crippen LogP contribution in [0.4, 0.5) is 10.5 Å². The number of carbonyl (C=O) groups is 2. The summed E-state index contributed by atoms with van der Waals surface area (Å²) in [5.74, 6) is -0.957. The molecule has 0 aromatic heterocycles. The fraction of sp³-hybridized carbons (Fsp3) is 0.333. The number of rotatable bonds is 3. The molecule has 2 rings (SSSR count). The lowest BCUT2D eigenvalue weighted by molar-refractivity contribution is -0.138. The normalized spacial score (nSPS) is 19.5. The van der Waals surface area contributed by atoms with Crippen molar-refractivity contribution < 1.29 is 14.7 Å². The first-order valence-corrected chi connectivity index (χ1v) is 5.97. The molecule has 6 heteroatoms. The van der Waals surface area contributed by atoms with Crippen molar-refractivity contribution in [1.82, 2.24) is 5.32 Å². The quantitative estimate of drug-likeness (QED) is 0.880. The molecule has 1 aromatic carbocycles. The molecule has 1 aliphatic heterocycles. The lowest BCUT2D eigenvalue weighted by atomic mass is 10.0. The molecule has 2 amide bonds. The van der Waals surface area contributed by atoms with Crippen LogP contribution in [0.15, 0.2) is 24.3 Å².